The van der Waals surface area contributed by atoms with Gasteiger partial charge in [0.25, 0.3) is 11.5 Å². The maximum absolute atomic E-state index is 12.5. The second kappa shape index (κ2) is 7.45. The molecule has 4 rings (SSSR count). The van der Waals surface area contributed by atoms with Gasteiger partial charge in [0.1, 0.15) is 11.4 Å². The Morgan fingerprint density at radius 2 is 1.96 bits per heavy atom. The van der Waals surface area contributed by atoms with Crippen molar-refractivity contribution in [1.29, 1.82) is 0 Å². The molecule has 0 aromatic carbocycles. The van der Waals surface area contributed by atoms with E-state index in [1.54, 1.807) is 17.3 Å². The minimum absolute atomic E-state index is 0.116. The summed E-state index contributed by atoms with van der Waals surface area (Å²) in [5.74, 6) is 0.478. The zero-order valence-electron chi connectivity index (χ0n) is 14.6. The van der Waals surface area contributed by atoms with E-state index in [-0.39, 0.29) is 17.4 Å². The molecule has 0 atom stereocenters. The lowest BCUT2D eigenvalue weighted by atomic mass is 9.93. The van der Waals surface area contributed by atoms with Gasteiger partial charge in [-0.05, 0) is 25.0 Å². The highest BCUT2D eigenvalue weighted by molar-refractivity contribution is 5.92. The predicted octanol–water partition coefficient (Wildman–Crippen LogP) is 1.64. The van der Waals surface area contributed by atoms with Crippen LogP contribution in [0.1, 0.15) is 34.9 Å². The van der Waals surface area contributed by atoms with Gasteiger partial charge < -0.3 is 9.88 Å². The molecule has 1 aliphatic rings. The van der Waals surface area contributed by atoms with Crippen LogP contribution in [0.15, 0.2) is 53.8 Å². The van der Waals surface area contributed by atoms with Gasteiger partial charge in [0.15, 0.2) is 5.82 Å². The summed E-state index contributed by atoms with van der Waals surface area (Å²) >= 11 is 0. The summed E-state index contributed by atoms with van der Waals surface area (Å²) in [6, 6.07) is 7.02. The molecule has 1 fully saturated rings. The lowest BCUT2D eigenvalue weighted by Gasteiger charge is -2.31. The summed E-state index contributed by atoms with van der Waals surface area (Å²) in [4.78, 5) is 46.0. The van der Waals surface area contributed by atoms with Crippen molar-refractivity contribution in [3.63, 3.8) is 0 Å². The third-order valence-electron chi connectivity index (χ3n) is 4.65. The van der Waals surface area contributed by atoms with Gasteiger partial charge in [-0.3, -0.25) is 19.6 Å². The van der Waals surface area contributed by atoms with Crippen molar-refractivity contribution in [3.8, 4) is 11.5 Å². The number of pyridine rings is 1. The number of aromatic nitrogens is 5. The highest BCUT2D eigenvalue weighted by Gasteiger charge is 2.26. The number of nitrogens with zero attached hydrogens (tertiary/aromatic N) is 5. The number of hydrogen-bond donors (Lipinski definition) is 1. The quantitative estimate of drug-likeness (QED) is 0.759. The molecular weight excluding hydrogens is 344 g/mol. The van der Waals surface area contributed by atoms with Crippen LogP contribution >= 0.6 is 0 Å². The Bertz CT molecular complexity index is 982. The molecule has 27 heavy (non-hydrogen) atoms. The van der Waals surface area contributed by atoms with E-state index in [1.807, 2.05) is 18.2 Å². The average Bonchev–Trinajstić information content (AvgIpc) is 2.74. The van der Waals surface area contributed by atoms with Crippen LogP contribution in [0.5, 0.6) is 0 Å². The number of piperidine rings is 1. The molecule has 4 heterocycles. The molecule has 8 heteroatoms. The van der Waals surface area contributed by atoms with Crippen molar-refractivity contribution in [2.45, 2.75) is 18.8 Å². The zero-order valence-corrected chi connectivity index (χ0v) is 14.6. The first-order valence-corrected chi connectivity index (χ1v) is 8.78. The lowest BCUT2D eigenvalue weighted by molar-refractivity contribution is 0.0705. The van der Waals surface area contributed by atoms with Gasteiger partial charge >= 0.3 is 0 Å². The van der Waals surface area contributed by atoms with E-state index in [9.17, 15) is 9.59 Å². The molecule has 136 valence electrons. The van der Waals surface area contributed by atoms with Crippen LogP contribution in [-0.2, 0) is 0 Å². The van der Waals surface area contributed by atoms with Crippen LogP contribution in [0.3, 0.4) is 0 Å². The van der Waals surface area contributed by atoms with Crippen molar-refractivity contribution in [3.05, 3.63) is 70.8 Å². The Balaban J connectivity index is 1.49. The van der Waals surface area contributed by atoms with Crippen molar-refractivity contribution < 1.29 is 4.79 Å². The number of aromatic amines is 1. The highest BCUT2D eigenvalue weighted by Crippen LogP contribution is 2.27. The Morgan fingerprint density at radius 3 is 2.67 bits per heavy atom. The second-order valence-electron chi connectivity index (χ2n) is 6.39. The van der Waals surface area contributed by atoms with Crippen molar-refractivity contribution >= 4 is 5.91 Å². The van der Waals surface area contributed by atoms with Crippen LogP contribution in [0, 0.1) is 0 Å². The van der Waals surface area contributed by atoms with E-state index in [2.05, 4.69) is 24.9 Å². The maximum atomic E-state index is 12.5. The molecule has 0 aliphatic carbocycles. The summed E-state index contributed by atoms with van der Waals surface area (Å²) in [5, 5.41) is 0. The van der Waals surface area contributed by atoms with E-state index >= 15 is 0 Å². The number of nitrogens with one attached hydrogen (secondary N) is 1. The van der Waals surface area contributed by atoms with E-state index in [1.165, 1.54) is 18.5 Å². The molecule has 0 radical (unpaired) electrons. The maximum Gasteiger partial charge on any atom is 0.274 e. The van der Waals surface area contributed by atoms with Gasteiger partial charge in [0.2, 0.25) is 0 Å². The fourth-order valence-corrected chi connectivity index (χ4v) is 3.26. The first kappa shape index (κ1) is 17.0. The minimum atomic E-state index is -0.196. The van der Waals surface area contributed by atoms with Crippen molar-refractivity contribution in [1.82, 2.24) is 29.8 Å². The van der Waals surface area contributed by atoms with E-state index in [0.29, 0.717) is 30.3 Å². The topological polar surface area (TPSA) is 105 Å². The van der Waals surface area contributed by atoms with Gasteiger partial charge in [-0.15, -0.1) is 0 Å². The third-order valence-corrected chi connectivity index (χ3v) is 4.65. The van der Waals surface area contributed by atoms with Gasteiger partial charge in [-0.1, -0.05) is 6.07 Å². The molecule has 1 amide bonds. The van der Waals surface area contributed by atoms with Crippen LogP contribution in [0.4, 0.5) is 0 Å². The Labute approximate surface area is 155 Å². The molecule has 0 spiro atoms. The zero-order chi connectivity index (χ0) is 18.6. The largest absolute Gasteiger partial charge is 0.337 e. The Hall–Kier alpha value is -3.42. The molecule has 8 nitrogen and oxygen atoms in total. The summed E-state index contributed by atoms with van der Waals surface area (Å²) in [7, 11) is 0. The average molecular weight is 362 g/mol. The number of hydrogen-bond acceptors (Lipinski definition) is 6. The van der Waals surface area contributed by atoms with Crippen LogP contribution < -0.4 is 5.56 Å². The standard InChI is InChI=1S/C19H18N6O2/c26-17-11-15(23-18(24-17)14-3-1-2-6-21-14)13-4-9-25(10-5-13)19(27)16-12-20-7-8-22-16/h1-3,6-8,11-13H,4-5,9-10H2,(H,23,24,26). The molecule has 3 aromatic rings. The SMILES string of the molecule is O=C(c1cnccn1)N1CCC(c2cc(=O)[nH]c(-c3ccccn3)n2)CC1. The van der Waals surface area contributed by atoms with Crippen LogP contribution in [-0.4, -0.2) is 48.8 Å². The molecule has 1 saturated heterocycles. The normalized spacial score (nSPS) is 14.9. The fourth-order valence-electron chi connectivity index (χ4n) is 3.26. The highest BCUT2D eigenvalue weighted by atomic mass is 16.2. The van der Waals surface area contributed by atoms with Gasteiger partial charge in [0.05, 0.1) is 11.9 Å². The minimum Gasteiger partial charge on any atom is -0.337 e. The molecule has 1 N–H and O–H groups in total. The Morgan fingerprint density at radius 1 is 1.11 bits per heavy atom. The van der Waals surface area contributed by atoms with Gasteiger partial charge in [-0.2, -0.15) is 0 Å². The molecule has 0 saturated carbocycles. The number of carbonyl (C=O) groups excluding carboxylic acids is 1. The van der Waals surface area contributed by atoms with E-state index in [0.717, 1.165) is 18.5 Å². The summed E-state index contributed by atoms with van der Waals surface area (Å²) < 4.78 is 0. The smallest absolute Gasteiger partial charge is 0.274 e. The summed E-state index contributed by atoms with van der Waals surface area (Å²) in [5.41, 5.74) is 1.53. The molecule has 0 bridgehead atoms. The number of rotatable bonds is 3. The summed E-state index contributed by atoms with van der Waals surface area (Å²) in [6.45, 7) is 1.18. The number of amides is 1. The number of likely N-dealkylation sites (tertiary alicyclic amines) is 1. The first-order chi connectivity index (χ1) is 13.2. The summed E-state index contributed by atoms with van der Waals surface area (Å²) in [6.07, 6.45) is 7.68. The molecular formula is C19H18N6O2. The monoisotopic (exact) mass is 362 g/mol. The molecule has 0 unspecified atom stereocenters. The van der Waals surface area contributed by atoms with Crippen LogP contribution in [0.25, 0.3) is 11.5 Å². The van der Waals surface area contributed by atoms with Gasteiger partial charge in [0, 0.05) is 43.7 Å². The van der Waals surface area contributed by atoms with Gasteiger partial charge in [-0.25, -0.2) is 9.97 Å². The van der Waals surface area contributed by atoms with E-state index in [4.69, 9.17) is 0 Å². The lowest BCUT2D eigenvalue weighted by Crippen LogP contribution is -2.38. The number of H-pyrrole nitrogens is 1. The van der Waals surface area contributed by atoms with Crippen LogP contribution in [0.2, 0.25) is 0 Å². The third kappa shape index (κ3) is 3.74. The van der Waals surface area contributed by atoms with Crippen molar-refractivity contribution in [2.75, 3.05) is 13.1 Å². The molecule has 3 aromatic heterocycles. The second-order valence-corrected chi connectivity index (χ2v) is 6.39. The molecule has 1 aliphatic heterocycles. The first-order valence-electron chi connectivity index (χ1n) is 8.78. The van der Waals surface area contributed by atoms with E-state index < -0.39 is 0 Å². The number of carbonyl (C=O) groups is 1. The van der Waals surface area contributed by atoms with Crippen molar-refractivity contribution in [2.24, 2.45) is 0 Å². The fraction of sp³-hybridized carbons (Fsp3) is 0.263. The predicted molar refractivity (Wildman–Crippen MR) is 98.0 cm³/mol. The Kier molecular flexibility index (Phi) is 4.69.